The number of halogens is 1. The van der Waals surface area contributed by atoms with Crippen LogP contribution in [0.25, 0.3) is 21.8 Å². The first-order valence-electron chi connectivity index (χ1n) is 5.21. The molecule has 0 bridgehead atoms. The van der Waals surface area contributed by atoms with E-state index in [-0.39, 0.29) is 0 Å². The van der Waals surface area contributed by atoms with Crippen LogP contribution >= 0.6 is 11.6 Å². The number of pyridine rings is 1. The van der Waals surface area contributed by atoms with Crippen LogP contribution in [0.1, 0.15) is 6.92 Å². The molecule has 0 saturated heterocycles. The molecule has 3 rings (SSSR count). The molecule has 0 unspecified atom stereocenters. The average molecular weight is 232 g/mol. The van der Waals surface area contributed by atoms with E-state index < -0.39 is 0 Å². The summed E-state index contributed by atoms with van der Waals surface area (Å²) in [7, 11) is 0. The second kappa shape index (κ2) is 3.46. The normalized spacial score (nSPS) is 11.4. The molecule has 0 spiro atoms. The van der Waals surface area contributed by atoms with E-state index in [0.717, 1.165) is 28.4 Å². The molecule has 1 aromatic carbocycles. The Bertz CT molecular complexity index is 672. The Morgan fingerprint density at radius 2 is 2.06 bits per heavy atom. The average Bonchev–Trinajstić information content (AvgIpc) is 2.74. The van der Waals surface area contributed by atoms with Gasteiger partial charge in [0.1, 0.15) is 5.52 Å². The van der Waals surface area contributed by atoms with Crippen molar-refractivity contribution in [3.8, 4) is 0 Å². The summed E-state index contributed by atoms with van der Waals surface area (Å²) >= 11 is 6.12. The van der Waals surface area contributed by atoms with Crippen molar-refractivity contribution < 1.29 is 0 Å². The number of hydrogen-bond acceptors (Lipinski definition) is 2. The van der Waals surface area contributed by atoms with Crippen LogP contribution in [0.4, 0.5) is 0 Å². The molecule has 0 aliphatic rings. The van der Waals surface area contributed by atoms with E-state index >= 15 is 0 Å². The lowest BCUT2D eigenvalue weighted by Crippen LogP contribution is -1.92. The molecule has 4 heteroatoms. The molecule has 0 N–H and O–H groups in total. The van der Waals surface area contributed by atoms with Crippen LogP contribution in [0.15, 0.2) is 30.5 Å². The van der Waals surface area contributed by atoms with Crippen molar-refractivity contribution in [2.75, 3.05) is 0 Å². The second-order valence-corrected chi connectivity index (χ2v) is 4.02. The quantitative estimate of drug-likeness (QED) is 0.602. The maximum Gasteiger partial charge on any atom is 0.157 e. The van der Waals surface area contributed by atoms with Crippen molar-refractivity contribution in [2.24, 2.45) is 0 Å². The highest BCUT2D eigenvalue weighted by atomic mass is 35.5. The van der Waals surface area contributed by atoms with Gasteiger partial charge in [0.15, 0.2) is 5.15 Å². The fourth-order valence-electron chi connectivity index (χ4n) is 1.89. The molecular formula is C12H10ClN3. The zero-order chi connectivity index (χ0) is 11.1. The van der Waals surface area contributed by atoms with E-state index in [1.165, 1.54) is 0 Å². The maximum absolute atomic E-state index is 6.12. The number of fused-ring (bicyclic) bond motifs is 3. The molecule has 80 valence electrons. The highest BCUT2D eigenvalue weighted by Crippen LogP contribution is 2.27. The monoisotopic (exact) mass is 231 g/mol. The van der Waals surface area contributed by atoms with Gasteiger partial charge in [-0.2, -0.15) is 5.10 Å². The minimum absolute atomic E-state index is 0.473. The van der Waals surface area contributed by atoms with Gasteiger partial charge in [-0.1, -0.05) is 29.8 Å². The summed E-state index contributed by atoms with van der Waals surface area (Å²) in [6.07, 6.45) is 2.02. The third-order valence-electron chi connectivity index (χ3n) is 2.69. The van der Waals surface area contributed by atoms with E-state index in [9.17, 15) is 0 Å². The Hall–Kier alpha value is -1.61. The predicted molar refractivity (Wildman–Crippen MR) is 65.7 cm³/mol. The number of para-hydroxylation sites is 1. The summed E-state index contributed by atoms with van der Waals surface area (Å²) in [6.45, 7) is 2.88. The van der Waals surface area contributed by atoms with E-state index in [2.05, 4.69) is 17.0 Å². The molecule has 0 saturated carbocycles. The summed E-state index contributed by atoms with van der Waals surface area (Å²) in [4.78, 5) is 4.34. The van der Waals surface area contributed by atoms with Crippen molar-refractivity contribution in [2.45, 2.75) is 13.5 Å². The molecule has 0 aliphatic carbocycles. The van der Waals surface area contributed by atoms with E-state index in [1.807, 2.05) is 35.1 Å². The topological polar surface area (TPSA) is 30.7 Å². The molecule has 0 atom stereocenters. The third kappa shape index (κ3) is 1.28. The summed E-state index contributed by atoms with van der Waals surface area (Å²) in [5, 5.41) is 7.04. The lowest BCUT2D eigenvalue weighted by atomic mass is 10.1. The molecule has 0 fully saturated rings. The highest BCUT2D eigenvalue weighted by molar-refractivity contribution is 6.35. The fourth-order valence-corrected chi connectivity index (χ4v) is 2.12. The van der Waals surface area contributed by atoms with Crippen molar-refractivity contribution in [1.29, 1.82) is 0 Å². The second-order valence-electron chi connectivity index (χ2n) is 3.67. The maximum atomic E-state index is 6.12. The molecule has 3 aromatic rings. The van der Waals surface area contributed by atoms with Gasteiger partial charge >= 0.3 is 0 Å². The van der Waals surface area contributed by atoms with Crippen LogP contribution in [0.5, 0.6) is 0 Å². The van der Waals surface area contributed by atoms with Crippen molar-refractivity contribution in [3.05, 3.63) is 35.6 Å². The Morgan fingerprint density at radius 1 is 1.25 bits per heavy atom. The molecule has 2 aromatic heterocycles. The minimum Gasteiger partial charge on any atom is -0.272 e. The van der Waals surface area contributed by atoms with E-state index in [1.54, 1.807) is 0 Å². The van der Waals surface area contributed by atoms with E-state index in [4.69, 9.17) is 11.6 Å². The first-order valence-corrected chi connectivity index (χ1v) is 5.59. The molecule has 0 radical (unpaired) electrons. The standard InChI is InChI=1S/C12H10ClN3/c1-2-16-7-9-8-5-3-4-6-10(8)14-12(13)11(9)15-16/h3-7H,2H2,1H3. The van der Waals surface area contributed by atoms with Crippen LogP contribution < -0.4 is 0 Å². The van der Waals surface area contributed by atoms with Crippen LogP contribution in [0.3, 0.4) is 0 Å². The Morgan fingerprint density at radius 3 is 2.88 bits per heavy atom. The van der Waals surface area contributed by atoms with Gasteiger partial charge in [0.2, 0.25) is 0 Å². The predicted octanol–water partition coefficient (Wildman–Crippen LogP) is 3.26. The van der Waals surface area contributed by atoms with Gasteiger partial charge in [0.05, 0.1) is 5.52 Å². The Balaban J connectivity index is 2.52. The minimum atomic E-state index is 0.473. The van der Waals surface area contributed by atoms with Crippen LogP contribution in [0.2, 0.25) is 5.15 Å². The van der Waals surface area contributed by atoms with Gasteiger partial charge in [-0.25, -0.2) is 4.98 Å². The smallest absolute Gasteiger partial charge is 0.157 e. The summed E-state index contributed by atoms with van der Waals surface area (Å²) < 4.78 is 1.88. The lowest BCUT2D eigenvalue weighted by Gasteiger charge is -1.98. The number of rotatable bonds is 1. The summed E-state index contributed by atoms with van der Waals surface area (Å²) in [6, 6.07) is 7.97. The lowest BCUT2D eigenvalue weighted by molar-refractivity contribution is 0.668. The van der Waals surface area contributed by atoms with Gasteiger partial charge in [-0.05, 0) is 13.0 Å². The van der Waals surface area contributed by atoms with Gasteiger partial charge in [-0.15, -0.1) is 0 Å². The number of benzene rings is 1. The molecule has 16 heavy (non-hydrogen) atoms. The van der Waals surface area contributed by atoms with Gasteiger partial charge in [0.25, 0.3) is 0 Å². The van der Waals surface area contributed by atoms with Crippen molar-refractivity contribution in [3.63, 3.8) is 0 Å². The zero-order valence-corrected chi connectivity index (χ0v) is 9.57. The molecule has 0 amide bonds. The number of nitrogens with zero attached hydrogens (tertiary/aromatic N) is 3. The number of aromatic nitrogens is 3. The first kappa shape index (κ1) is 9.60. The number of hydrogen-bond donors (Lipinski definition) is 0. The van der Waals surface area contributed by atoms with Crippen LogP contribution in [-0.2, 0) is 6.54 Å². The largest absolute Gasteiger partial charge is 0.272 e. The molecule has 0 aliphatic heterocycles. The SMILES string of the molecule is CCn1cc2c(n1)c(Cl)nc1ccccc12. The molecule has 3 nitrogen and oxygen atoms in total. The van der Waals surface area contributed by atoms with Gasteiger partial charge in [0, 0.05) is 23.5 Å². The van der Waals surface area contributed by atoms with Crippen LogP contribution in [-0.4, -0.2) is 14.8 Å². The van der Waals surface area contributed by atoms with Gasteiger partial charge < -0.3 is 0 Å². The zero-order valence-electron chi connectivity index (χ0n) is 8.81. The number of aryl methyl sites for hydroxylation is 1. The Labute approximate surface area is 97.7 Å². The van der Waals surface area contributed by atoms with Crippen molar-refractivity contribution in [1.82, 2.24) is 14.8 Å². The van der Waals surface area contributed by atoms with Gasteiger partial charge in [-0.3, -0.25) is 4.68 Å². The molecule has 2 heterocycles. The van der Waals surface area contributed by atoms with E-state index in [0.29, 0.717) is 5.15 Å². The highest BCUT2D eigenvalue weighted by Gasteiger charge is 2.09. The van der Waals surface area contributed by atoms with Crippen LogP contribution in [0, 0.1) is 0 Å². The first-order chi connectivity index (χ1) is 7.79. The summed E-state index contributed by atoms with van der Waals surface area (Å²) in [5.41, 5.74) is 1.69. The molecular weight excluding hydrogens is 222 g/mol. The summed E-state index contributed by atoms with van der Waals surface area (Å²) in [5.74, 6) is 0. The Kier molecular flexibility index (Phi) is 2.07. The van der Waals surface area contributed by atoms with Crippen molar-refractivity contribution >= 4 is 33.4 Å². The fraction of sp³-hybridized carbons (Fsp3) is 0.167. The third-order valence-corrected chi connectivity index (χ3v) is 2.96.